The molecule has 0 atom stereocenters. The van der Waals surface area contributed by atoms with Gasteiger partial charge in [-0.1, -0.05) is 18.2 Å². The molecule has 22 heavy (non-hydrogen) atoms. The summed E-state index contributed by atoms with van der Waals surface area (Å²) in [5.74, 6) is 1.64. The van der Waals surface area contributed by atoms with Crippen molar-refractivity contribution in [3.63, 3.8) is 0 Å². The van der Waals surface area contributed by atoms with Crippen molar-refractivity contribution in [2.75, 3.05) is 20.8 Å². The van der Waals surface area contributed by atoms with E-state index in [1.165, 1.54) is 5.56 Å². The Balaban J connectivity index is 1.84. The molecule has 0 saturated heterocycles. The zero-order chi connectivity index (χ0) is 15.8. The summed E-state index contributed by atoms with van der Waals surface area (Å²) in [6.45, 7) is 1.65. The smallest absolute Gasteiger partial charge is 0.123 e. The molecule has 0 heterocycles. The van der Waals surface area contributed by atoms with E-state index in [-0.39, 0.29) is 0 Å². The van der Waals surface area contributed by atoms with Crippen LogP contribution in [0.15, 0.2) is 42.5 Å². The molecule has 0 aliphatic heterocycles. The lowest BCUT2D eigenvalue weighted by atomic mass is 10.1. The minimum Gasteiger partial charge on any atom is -0.497 e. The van der Waals surface area contributed by atoms with Crippen LogP contribution < -0.4 is 14.8 Å². The van der Waals surface area contributed by atoms with Crippen LogP contribution in [0.5, 0.6) is 11.5 Å². The van der Waals surface area contributed by atoms with E-state index >= 15 is 0 Å². The fraction of sp³-hybridized carbons (Fsp3) is 0.278. The maximum atomic E-state index is 8.90. The Kier molecular flexibility index (Phi) is 5.81. The molecular weight excluding hydrogens is 276 g/mol. The molecule has 0 aliphatic carbocycles. The Morgan fingerprint density at radius 1 is 1.05 bits per heavy atom. The first-order chi connectivity index (χ1) is 10.8. The minimum absolute atomic E-state index is 0.617. The summed E-state index contributed by atoms with van der Waals surface area (Å²) in [6.07, 6.45) is 0.852. The second-order valence-electron chi connectivity index (χ2n) is 4.91. The number of benzene rings is 2. The summed E-state index contributed by atoms with van der Waals surface area (Å²) in [5.41, 5.74) is 2.93. The summed E-state index contributed by atoms with van der Waals surface area (Å²) in [5, 5.41) is 12.3. The van der Waals surface area contributed by atoms with Crippen molar-refractivity contribution in [3.8, 4) is 17.6 Å². The molecule has 0 unspecified atom stereocenters. The second-order valence-corrected chi connectivity index (χ2v) is 4.91. The number of nitriles is 1. The third-order valence-corrected chi connectivity index (χ3v) is 3.48. The molecule has 2 aromatic rings. The number of nitrogens with one attached hydrogen (secondary N) is 1. The van der Waals surface area contributed by atoms with Gasteiger partial charge in [-0.25, -0.2) is 0 Å². The lowest BCUT2D eigenvalue weighted by molar-refractivity contribution is 0.409. The van der Waals surface area contributed by atoms with Crippen molar-refractivity contribution in [3.05, 3.63) is 59.2 Å². The fourth-order valence-corrected chi connectivity index (χ4v) is 2.22. The molecule has 2 aromatic carbocycles. The molecule has 114 valence electrons. The SMILES string of the molecule is COc1ccc(CNCCc2ccc(C#N)cc2OC)cc1. The number of hydrogen-bond donors (Lipinski definition) is 1. The van der Waals surface area contributed by atoms with Crippen molar-refractivity contribution in [1.29, 1.82) is 5.26 Å². The van der Waals surface area contributed by atoms with Crippen molar-refractivity contribution >= 4 is 0 Å². The van der Waals surface area contributed by atoms with Gasteiger partial charge in [0.1, 0.15) is 11.5 Å². The van der Waals surface area contributed by atoms with Crippen LogP contribution in [0.25, 0.3) is 0 Å². The maximum Gasteiger partial charge on any atom is 0.123 e. The Morgan fingerprint density at radius 2 is 1.82 bits per heavy atom. The van der Waals surface area contributed by atoms with Gasteiger partial charge >= 0.3 is 0 Å². The predicted molar refractivity (Wildman–Crippen MR) is 86.1 cm³/mol. The number of nitrogens with zero attached hydrogens (tertiary/aromatic N) is 1. The van der Waals surface area contributed by atoms with Crippen molar-refractivity contribution in [2.45, 2.75) is 13.0 Å². The molecule has 0 fully saturated rings. The van der Waals surface area contributed by atoms with E-state index in [1.807, 2.05) is 36.4 Å². The van der Waals surface area contributed by atoms with E-state index < -0.39 is 0 Å². The topological polar surface area (TPSA) is 54.3 Å². The first-order valence-corrected chi connectivity index (χ1v) is 7.17. The zero-order valence-electron chi connectivity index (χ0n) is 12.9. The highest BCUT2D eigenvalue weighted by molar-refractivity contribution is 5.42. The van der Waals surface area contributed by atoms with Crippen LogP contribution in [0.3, 0.4) is 0 Å². The molecule has 0 spiro atoms. The summed E-state index contributed by atoms with van der Waals surface area (Å²) >= 11 is 0. The maximum absolute atomic E-state index is 8.90. The molecule has 0 bridgehead atoms. The van der Waals surface area contributed by atoms with E-state index in [9.17, 15) is 0 Å². The average Bonchev–Trinajstić information content (AvgIpc) is 2.59. The zero-order valence-corrected chi connectivity index (χ0v) is 12.9. The molecule has 4 heteroatoms. The van der Waals surface area contributed by atoms with Crippen LogP contribution >= 0.6 is 0 Å². The van der Waals surface area contributed by atoms with E-state index in [4.69, 9.17) is 14.7 Å². The van der Waals surface area contributed by atoms with Gasteiger partial charge in [0.25, 0.3) is 0 Å². The highest BCUT2D eigenvalue weighted by atomic mass is 16.5. The van der Waals surface area contributed by atoms with Gasteiger partial charge in [-0.2, -0.15) is 5.26 Å². The van der Waals surface area contributed by atoms with E-state index in [0.29, 0.717) is 5.56 Å². The molecule has 0 aromatic heterocycles. The Hall–Kier alpha value is -2.51. The summed E-state index contributed by atoms with van der Waals surface area (Å²) in [7, 11) is 3.29. The first-order valence-electron chi connectivity index (χ1n) is 7.17. The van der Waals surface area contributed by atoms with Gasteiger partial charge < -0.3 is 14.8 Å². The fourth-order valence-electron chi connectivity index (χ4n) is 2.22. The summed E-state index contributed by atoms with van der Waals surface area (Å²) < 4.78 is 10.5. The number of ether oxygens (including phenoxy) is 2. The van der Waals surface area contributed by atoms with Gasteiger partial charge in [-0.15, -0.1) is 0 Å². The van der Waals surface area contributed by atoms with Crippen molar-refractivity contribution < 1.29 is 9.47 Å². The lowest BCUT2D eigenvalue weighted by Gasteiger charge is -2.10. The number of methoxy groups -OCH3 is 2. The van der Waals surface area contributed by atoms with Gasteiger partial charge in [-0.3, -0.25) is 0 Å². The van der Waals surface area contributed by atoms with Gasteiger partial charge in [0.05, 0.1) is 25.9 Å². The van der Waals surface area contributed by atoms with Crippen molar-refractivity contribution in [1.82, 2.24) is 5.32 Å². The predicted octanol–water partition coefficient (Wildman–Crippen LogP) is 2.91. The second kappa shape index (κ2) is 8.06. The standard InChI is InChI=1S/C18H20N2O2/c1-21-17-7-4-14(5-8-17)13-20-10-9-16-6-3-15(12-19)11-18(16)22-2/h3-8,11,20H,9-10,13H2,1-2H3. The normalized spacial score (nSPS) is 10.0. The highest BCUT2D eigenvalue weighted by Gasteiger charge is 2.04. The first kappa shape index (κ1) is 15.9. The van der Waals surface area contributed by atoms with Crippen LogP contribution in [0, 0.1) is 11.3 Å². The largest absolute Gasteiger partial charge is 0.497 e. The van der Waals surface area contributed by atoms with Crippen molar-refractivity contribution in [2.24, 2.45) is 0 Å². The Labute approximate surface area is 131 Å². The van der Waals surface area contributed by atoms with Gasteiger partial charge in [0.2, 0.25) is 0 Å². The van der Waals surface area contributed by atoms with Gasteiger partial charge in [0, 0.05) is 6.54 Å². The van der Waals surface area contributed by atoms with Crippen LogP contribution in [0.4, 0.5) is 0 Å². The molecular formula is C18H20N2O2. The molecule has 0 radical (unpaired) electrons. The molecule has 0 saturated carbocycles. The summed E-state index contributed by atoms with van der Waals surface area (Å²) in [6, 6.07) is 15.7. The van der Waals surface area contributed by atoms with Gasteiger partial charge in [0.15, 0.2) is 0 Å². The Morgan fingerprint density at radius 3 is 2.45 bits per heavy atom. The number of hydrogen-bond acceptors (Lipinski definition) is 4. The van der Waals surface area contributed by atoms with Crippen LogP contribution in [-0.2, 0) is 13.0 Å². The monoisotopic (exact) mass is 296 g/mol. The van der Waals surface area contributed by atoms with E-state index in [0.717, 1.165) is 36.6 Å². The molecule has 1 N–H and O–H groups in total. The third kappa shape index (κ3) is 4.24. The quantitative estimate of drug-likeness (QED) is 0.798. The van der Waals surface area contributed by atoms with E-state index in [1.54, 1.807) is 20.3 Å². The molecule has 4 nitrogen and oxygen atoms in total. The van der Waals surface area contributed by atoms with Crippen LogP contribution in [-0.4, -0.2) is 20.8 Å². The Bertz CT molecular complexity index is 645. The lowest BCUT2D eigenvalue weighted by Crippen LogP contribution is -2.17. The molecule has 0 amide bonds. The highest BCUT2D eigenvalue weighted by Crippen LogP contribution is 2.20. The minimum atomic E-state index is 0.617. The van der Waals surface area contributed by atoms with Crippen LogP contribution in [0.2, 0.25) is 0 Å². The number of rotatable bonds is 7. The van der Waals surface area contributed by atoms with E-state index in [2.05, 4.69) is 11.4 Å². The summed E-state index contributed by atoms with van der Waals surface area (Å²) in [4.78, 5) is 0. The molecule has 0 aliphatic rings. The average molecular weight is 296 g/mol. The molecule has 2 rings (SSSR count). The third-order valence-electron chi connectivity index (χ3n) is 3.48. The van der Waals surface area contributed by atoms with Crippen LogP contribution in [0.1, 0.15) is 16.7 Å². The van der Waals surface area contributed by atoms with Gasteiger partial charge in [-0.05, 0) is 48.4 Å².